The first-order chi connectivity index (χ1) is 16.8. The van der Waals surface area contributed by atoms with E-state index in [0.29, 0.717) is 10.9 Å². The van der Waals surface area contributed by atoms with Gasteiger partial charge in [-0.2, -0.15) is 0 Å². The van der Waals surface area contributed by atoms with Crippen molar-refractivity contribution < 1.29 is 23.1 Å². The van der Waals surface area contributed by atoms with Crippen LogP contribution in [0.15, 0.2) is 90.0 Å². The van der Waals surface area contributed by atoms with Gasteiger partial charge in [0.15, 0.2) is 0 Å². The van der Waals surface area contributed by atoms with Crippen LogP contribution < -0.4 is 9.46 Å². The van der Waals surface area contributed by atoms with E-state index in [1.807, 2.05) is 30.3 Å². The molecule has 35 heavy (non-hydrogen) atoms. The maximum Gasteiger partial charge on any atom is 0.264 e. The third-order valence-electron chi connectivity index (χ3n) is 6.07. The average Bonchev–Trinajstić information content (AvgIpc) is 2.86. The summed E-state index contributed by atoms with van der Waals surface area (Å²) in [6, 6.07) is 22.2. The number of methoxy groups -OCH3 is 1. The molecule has 2 N–H and O–H groups in total. The number of pyridine rings is 1. The predicted molar refractivity (Wildman–Crippen MR) is 132 cm³/mol. The number of hydrogen-bond acceptors (Lipinski definition) is 6. The molecule has 0 unspecified atom stereocenters. The highest BCUT2D eigenvalue weighted by molar-refractivity contribution is 7.93. The van der Waals surface area contributed by atoms with Crippen LogP contribution in [-0.2, 0) is 15.6 Å². The molecule has 9 heteroatoms. The second kappa shape index (κ2) is 8.68. The maximum absolute atomic E-state index is 13.1. The summed E-state index contributed by atoms with van der Waals surface area (Å²) in [5.41, 5.74) is 0.549. The van der Waals surface area contributed by atoms with Crippen molar-refractivity contribution in [1.82, 2.24) is 9.88 Å². The Kier molecular flexibility index (Phi) is 5.66. The second-order valence-corrected chi connectivity index (χ2v) is 10.1. The summed E-state index contributed by atoms with van der Waals surface area (Å²) in [7, 11) is -2.54. The molecule has 178 valence electrons. The number of carbonyl (C=O) groups excluding carboxylic acids is 1. The van der Waals surface area contributed by atoms with Crippen molar-refractivity contribution in [3.63, 3.8) is 0 Å². The molecule has 1 aliphatic rings. The zero-order chi connectivity index (χ0) is 24.6. The van der Waals surface area contributed by atoms with Gasteiger partial charge in [-0.3, -0.25) is 14.5 Å². The molecule has 3 aromatic carbocycles. The van der Waals surface area contributed by atoms with Gasteiger partial charge in [-0.1, -0.05) is 48.5 Å². The van der Waals surface area contributed by atoms with Crippen molar-refractivity contribution in [3.8, 4) is 5.75 Å². The minimum absolute atomic E-state index is 0.0514. The summed E-state index contributed by atoms with van der Waals surface area (Å²) >= 11 is 0. The molecule has 1 fully saturated rings. The van der Waals surface area contributed by atoms with Crippen molar-refractivity contribution >= 4 is 32.5 Å². The fraction of sp³-hybridized carbons (Fsp3) is 0.154. The number of likely N-dealkylation sites (tertiary alicyclic amines) is 1. The van der Waals surface area contributed by atoms with Crippen molar-refractivity contribution in [2.75, 3.05) is 24.9 Å². The van der Waals surface area contributed by atoms with Gasteiger partial charge in [-0.25, -0.2) is 8.42 Å². The Balaban J connectivity index is 1.37. The van der Waals surface area contributed by atoms with Crippen molar-refractivity contribution in [1.29, 1.82) is 0 Å². The average molecular weight is 490 g/mol. The Morgan fingerprint density at radius 1 is 1.03 bits per heavy atom. The van der Waals surface area contributed by atoms with Crippen LogP contribution >= 0.6 is 0 Å². The summed E-state index contributed by atoms with van der Waals surface area (Å²) in [5, 5.41) is 11.5. The van der Waals surface area contributed by atoms with Crippen LogP contribution in [0.2, 0.25) is 0 Å². The number of benzene rings is 3. The molecule has 1 aromatic heterocycles. The van der Waals surface area contributed by atoms with E-state index in [1.165, 1.54) is 36.3 Å². The van der Waals surface area contributed by atoms with E-state index in [4.69, 9.17) is 4.74 Å². The second-order valence-electron chi connectivity index (χ2n) is 8.41. The number of nitrogens with one attached hydrogen (secondary N) is 1. The van der Waals surface area contributed by atoms with Gasteiger partial charge in [0.1, 0.15) is 16.2 Å². The quantitative estimate of drug-likeness (QED) is 0.430. The molecule has 1 saturated heterocycles. The van der Waals surface area contributed by atoms with E-state index in [2.05, 4.69) is 9.71 Å². The molecule has 0 bridgehead atoms. The van der Waals surface area contributed by atoms with Gasteiger partial charge in [0.2, 0.25) is 0 Å². The SMILES string of the molecule is COc1cc(NS(=O)(=O)c2cccc3cccnc23)ccc1C(=O)N1CC(O)(c2ccccc2)C1. The van der Waals surface area contributed by atoms with E-state index < -0.39 is 15.6 Å². The van der Waals surface area contributed by atoms with Crippen molar-refractivity contribution in [3.05, 3.63) is 96.2 Å². The first-order valence-electron chi connectivity index (χ1n) is 10.9. The number of β-amino-alcohol motifs (C(OH)–C–C–N with tert-alkyl or cyclic N) is 1. The number of ether oxygens (including phenoxy) is 1. The van der Waals surface area contributed by atoms with E-state index in [0.717, 1.165) is 5.56 Å². The molecule has 0 saturated carbocycles. The van der Waals surface area contributed by atoms with Crippen LogP contribution in [0.25, 0.3) is 10.9 Å². The third kappa shape index (κ3) is 4.20. The maximum atomic E-state index is 13.1. The standard InChI is InChI=1S/C26H23N3O5S/c1-34-22-15-20(28-35(32,33)23-11-5-7-18-8-6-14-27-24(18)23)12-13-21(22)25(30)29-16-26(31,17-29)19-9-3-2-4-10-19/h2-15,28,31H,16-17H2,1H3. The number of amides is 1. The summed E-state index contributed by atoms with van der Waals surface area (Å²) in [6.07, 6.45) is 1.54. The molecule has 1 aliphatic heterocycles. The zero-order valence-electron chi connectivity index (χ0n) is 18.9. The normalized spacial score (nSPS) is 14.9. The molecule has 0 spiro atoms. The Labute approximate surface area is 202 Å². The molecule has 4 aromatic rings. The number of sulfonamides is 1. The van der Waals surface area contributed by atoms with Gasteiger partial charge in [-0.05, 0) is 29.8 Å². The molecule has 2 heterocycles. The first-order valence-corrected chi connectivity index (χ1v) is 12.4. The van der Waals surface area contributed by atoms with Crippen LogP contribution in [0.1, 0.15) is 15.9 Å². The van der Waals surface area contributed by atoms with Gasteiger partial charge in [0.25, 0.3) is 15.9 Å². The number of nitrogens with zero attached hydrogens (tertiary/aromatic N) is 2. The fourth-order valence-electron chi connectivity index (χ4n) is 4.26. The van der Waals surface area contributed by atoms with Crippen LogP contribution in [0.4, 0.5) is 5.69 Å². The van der Waals surface area contributed by atoms with E-state index in [-0.39, 0.29) is 40.9 Å². The number of anilines is 1. The highest BCUT2D eigenvalue weighted by Crippen LogP contribution is 2.35. The molecule has 0 radical (unpaired) electrons. The summed E-state index contributed by atoms with van der Waals surface area (Å²) in [6.45, 7) is 0.308. The number of para-hydroxylation sites is 1. The van der Waals surface area contributed by atoms with E-state index >= 15 is 0 Å². The number of aliphatic hydroxyl groups is 1. The Morgan fingerprint density at radius 2 is 1.77 bits per heavy atom. The van der Waals surface area contributed by atoms with Crippen molar-refractivity contribution in [2.24, 2.45) is 0 Å². The first kappa shape index (κ1) is 22.8. The number of aromatic nitrogens is 1. The highest BCUT2D eigenvalue weighted by atomic mass is 32.2. The number of hydrogen-bond donors (Lipinski definition) is 2. The minimum Gasteiger partial charge on any atom is -0.496 e. The van der Waals surface area contributed by atoms with E-state index in [9.17, 15) is 18.3 Å². The summed E-state index contributed by atoms with van der Waals surface area (Å²) in [4.78, 5) is 18.9. The topological polar surface area (TPSA) is 109 Å². The molecule has 0 atom stereocenters. The lowest BCUT2D eigenvalue weighted by molar-refractivity contribution is -0.0864. The molecule has 1 amide bonds. The van der Waals surface area contributed by atoms with Gasteiger partial charge in [-0.15, -0.1) is 0 Å². The van der Waals surface area contributed by atoms with Crippen LogP contribution in [0.3, 0.4) is 0 Å². The fourth-order valence-corrected chi connectivity index (χ4v) is 5.49. The van der Waals surface area contributed by atoms with Crippen LogP contribution in [0, 0.1) is 0 Å². The van der Waals surface area contributed by atoms with Gasteiger partial charge in [0.05, 0.1) is 37.0 Å². The zero-order valence-corrected chi connectivity index (χ0v) is 19.7. The highest BCUT2D eigenvalue weighted by Gasteiger charge is 2.45. The summed E-state index contributed by atoms with van der Waals surface area (Å²) in [5.74, 6) is -0.0866. The lowest BCUT2D eigenvalue weighted by Gasteiger charge is -2.46. The Bertz CT molecular complexity index is 1510. The third-order valence-corrected chi connectivity index (χ3v) is 7.49. The van der Waals surface area contributed by atoms with Gasteiger partial charge >= 0.3 is 0 Å². The van der Waals surface area contributed by atoms with Crippen molar-refractivity contribution in [2.45, 2.75) is 10.5 Å². The Hall–Kier alpha value is -3.95. The Morgan fingerprint density at radius 3 is 2.51 bits per heavy atom. The summed E-state index contributed by atoms with van der Waals surface area (Å²) < 4.78 is 34.2. The number of fused-ring (bicyclic) bond motifs is 1. The molecule has 0 aliphatic carbocycles. The molecule has 5 rings (SSSR count). The molecule has 8 nitrogen and oxygen atoms in total. The predicted octanol–water partition coefficient (Wildman–Crippen LogP) is 3.39. The van der Waals surface area contributed by atoms with E-state index in [1.54, 1.807) is 30.5 Å². The lowest BCUT2D eigenvalue weighted by Crippen LogP contribution is -2.61. The lowest BCUT2D eigenvalue weighted by atomic mass is 9.85. The van der Waals surface area contributed by atoms with Gasteiger partial charge < -0.3 is 14.7 Å². The number of rotatable bonds is 6. The molecular formula is C26H23N3O5S. The van der Waals surface area contributed by atoms with Crippen LogP contribution in [0.5, 0.6) is 5.75 Å². The monoisotopic (exact) mass is 489 g/mol. The van der Waals surface area contributed by atoms with Gasteiger partial charge in [0, 0.05) is 17.6 Å². The smallest absolute Gasteiger partial charge is 0.264 e. The number of carbonyl (C=O) groups is 1. The van der Waals surface area contributed by atoms with Crippen LogP contribution in [-0.4, -0.2) is 49.5 Å². The molecular weight excluding hydrogens is 466 g/mol. The largest absolute Gasteiger partial charge is 0.496 e. The minimum atomic E-state index is -3.95.